The van der Waals surface area contributed by atoms with Crippen LogP contribution in [0.1, 0.15) is 30.4 Å². The summed E-state index contributed by atoms with van der Waals surface area (Å²) in [6.45, 7) is 1.32. The number of hydrogen-bond acceptors (Lipinski definition) is 3. The van der Waals surface area contributed by atoms with E-state index in [1.807, 2.05) is 18.2 Å². The molecule has 1 saturated heterocycles. The molecule has 1 amide bonds. The zero-order valence-corrected chi connectivity index (χ0v) is 18.0. The number of sulfonamides is 1. The normalized spacial score (nSPS) is 17.8. The third kappa shape index (κ3) is 6.56. The quantitative estimate of drug-likeness (QED) is 0.645. The summed E-state index contributed by atoms with van der Waals surface area (Å²) >= 11 is 5.87. The fraction of sp³-hybridized carbons (Fsp3) is 0.409. The second-order valence-corrected chi connectivity index (χ2v) is 9.87. The van der Waals surface area contributed by atoms with Gasteiger partial charge in [0.15, 0.2) is 0 Å². The molecule has 3 rings (SSSR count). The first kappa shape index (κ1) is 21.8. The van der Waals surface area contributed by atoms with E-state index < -0.39 is 10.0 Å². The number of hydrogen-bond donors (Lipinski definition) is 1. The van der Waals surface area contributed by atoms with E-state index >= 15 is 0 Å². The van der Waals surface area contributed by atoms with Gasteiger partial charge in [-0.1, -0.05) is 54.1 Å². The molecule has 1 aliphatic heterocycles. The second kappa shape index (κ2) is 10.2. The monoisotopic (exact) mass is 434 g/mol. The lowest BCUT2D eigenvalue weighted by Crippen LogP contribution is -2.45. The highest BCUT2D eigenvalue weighted by molar-refractivity contribution is 7.88. The van der Waals surface area contributed by atoms with Crippen LogP contribution >= 0.6 is 11.6 Å². The molecule has 1 N–H and O–H groups in total. The molecule has 0 aliphatic carbocycles. The summed E-state index contributed by atoms with van der Waals surface area (Å²) in [7, 11) is -3.47. The van der Waals surface area contributed by atoms with Crippen LogP contribution in [0.2, 0.25) is 5.02 Å². The van der Waals surface area contributed by atoms with E-state index in [2.05, 4.69) is 17.4 Å². The van der Waals surface area contributed by atoms with Gasteiger partial charge in [-0.2, -0.15) is 0 Å². The molecule has 1 atom stereocenters. The van der Waals surface area contributed by atoms with Gasteiger partial charge in [-0.05, 0) is 48.9 Å². The van der Waals surface area contributed by atoms with Crippen LogP contribution in [0.25, 0.3) is 0 Å². The minimum Gasteiger partial charge on any atom is -0.356 e. The van der Waals surface area contributed by atoms with Crippen molar-refractivity contribution >= 4 is 27.5 Å². The van der Waals surface area contributed by atoms with Crippen LogP contribution in [0, 0.1) is 5.92 Å². The third-order valence-electron chi connectivity index (χ3n) is 5.19. The van der Waals surface area contributed by atoms with Crippen molar-refractivity contribution in [3.63, 3.8) is 0 Å². The molecular weight excluding hydrogens is 408 g/mol. The summed E-state index contributed by atoms with van der Waals surface area (Å²) in [4.78, 5) is 12.5. The number of carbonyl (C=O) groups is 1. The molecule has 0 radical (unpaired) electrons. The molecule has 2 aromatic carbocycles. The van der Waals surface area contributed by atoms with Crippen molar-refractivity contribution in [2.24, 2.45) is 5.92 Å². The van der Waals surface area contributed by atoms with Gasteiger partial charge in [-0.15, -0.1) is 0 Å². The molecule has 7 heteroatoms. The average molecular weight is 435 g/mol. The molecule has 0 aromatic heterocycles. The van der Waals surface area contributed by atoms with Crippen molar-refractivity contribution in [2.75, 3.05) is 19.6 Å². The maximum Gasteiger partial charge on any atom is 0.224 e. The average Bonchev–Trinajstić information content (AvgIpc) is 2.73. The van der Waals surface area contributed by atoms with E-state index in [1.54, 1.807) is 24.3 Å². The summed E-state index contributed by atoms with van der Waals surface area (Å²) in [5, 5.41) is 3.55. The highest BCUT2D eigenvalue weighted by Gasteiger charge is 2.32. The number of nitrogens with one attached hydrogen (secondary N) is 1. The SMILES string of the molecule is O=C(NCCCc1ccccc1)[C@@H]1CCCN(S(=O)(=O)Cc2ccc(Cl)cc2)C1. The highest BCUT2D eigenvalue weighted by atomic mass is 35.5. The Morgan fingerprint density at radius 3 is 2.52 bits per heavy atom. The summed E-state index contributed by atoms with van der Waals surface area (Å²) < 4.78 is 27.0. The van der Waals surface area contributed by atoms with E-state index in [-0.39, 0.29) is 24.1 Å². The lowest BCUT2D eigenvalue weighted by atomic mass is 9.99. The van der Waals surface area contributed by atoms with Crippen molar-refractivity contribution in [3.8, 4) is 0 Å². The Labute approximate surface area is 178 Å². The molecule has 156 valence electrons. The fourth-order valence-corrected chi connectivity index (χ4v) is 5.32. The Bertz CT molecular complexity index is 901. The number of rotatable bonds is 8. The first-order valence-electron chi connectivity index (χ1n) is 9.98. The van der Waals surface area contributed by atoms with Gasteiger partial charge in [-0.3, -0.25) is 4.79 Å². The molecule has 2 aromatic rings. The van der Waals surface area contributed by atoms with Gasteiger partial charge in [0.25, 0.3) is 0 Å². The smallest absolute Gasteiger partial charge is 0.224 e. The lowest BCUT2D eigenvalue weighted by Gasteiger charge is -2.31. The highest BCUT2D eigenvalue weighted by Crippen LogP contribution is 2.22. The van der Waals surface area contributed by atoms with Crippen LogP contribution in [0.4, 0.5) is 0 Å². The van der Waals surface area contributed by atoms with Crippen LogP contribution in [0.5, 0.6) is 0 Å². The molecule has 5 nitrogen and oxygen atoms in total. The standard InChI is InChI=1S/C22H27ClN2O3S/c23-21-12-10-19(11-13-21)17-29(27,28)25-15-5-9-20(16-25)22(26)24-14-4-8-18-6-2-1-3-7-18/h1-3,6-7,10-13,20H,4-5,8-9,14-17H2,(H,24,26)/t20-/m1/s1. The number of amides is 1. The predicted molar refractivity (Wildman–Crippen MR) is 116 cm³/mol. The van der Waals surface area contributed by atoms with Crippen molar-refractivity contribution in [2.45, 2.75) is 31.4 Å². The molecule has 0 bridgehead atoms. The summed E-state index contributed by atoms with van der Waals surface area (Å²) in [5.41, 5.74) is 1.95. The van der Waals surface area contributed by atoms with Crippen LogP contribution in [0.15, 0.2) is 54.6 Å². The lowest BCUT2D eigenvalue weighted by molar-refractivity contribution is -0.126. The Morgan fingerprint density at radius 1 is 1.07 bits per heavy atom. The molecule has 0 saturated carbocycles. The fourth-order valence-electron chi connectivity index (χ4n) is 3.58. The third-order valence-corrected chi connectivity index (χ3v) is 7.26. The zero-order valence-electron chi connectivity index (χ0n) is 16.4. The van der Waals surface area contributed by atoms with Crippen molar-refractivity contribution in [3.05, 3.63) is 70.7 Å². The van der Waals surface area contributed by atoms with E-state index in [9.17, 15) is 13.2 Å². The largest absolute Gasteiger partial charge is 0.356 e. The number of benzene rings is 2. The minimum atomic E-state index is -3.47. The first-order chi connectivity index (χ1) is 13.9. The number of aryl methyl sites for hydroxylation is 1. The van der Waals surface area contributed by atoms with Crippen LogP contribution < -0.4 is 5.32 Å². The van der Waals surface area contributed by atoms with Crippen molar-refractivity contribution in [1.29, 1.82) is 0 Å². The van der Waals surface area contributed by atoms with Gasteiger partial charge in [0, 0.05) is 24.7 Å². The zero-order chi connectivity index (χ0) is 20.7. The van der Waals surface area contributed by atoms with Gasteiger partial charge in [-0.25, -0.2) is 12.7 Å². The topological polar surface area (TPSA) is 66.5 Å². The van der Waals surface area contributed by atoms with E-state index in [0.29, 0.717) is 30.1 Å². The minimum absolute atomic E-state index is 0.0514. The van der Waals surface area contributed by atoms with E-state index in [1.165, 1.54) is 9.87 Å². The summed E-state index contributed by atoms with van der Waals surface area (Å²) in [5.74, 6) is -0.416. The Balaban J connectivity index is 1.48. The Hall–Kier alpha value is -1.89. The number of carbonyl (C=O) groups excluding carboxylic acids is 1. The van der Waals surface area contributed by atoms with Crippen molar-refractivity contribution in [1.82, 2.24) is 9.62 Å². The Kier molecular flexibility index (Phi) is 7.70. The molecular formula is C22H27ClN2O3S. The van der Waals surface area contributed by atoms with Crippen LogP contribution in [-0.4, -0.2) is 38.3 Å². The van der Waals surface area contributed by atoms with Gasteiger partial charge in [0.05, 0.1) is 11.7 Å². The van der Waals surface area contributed by atoms with Crippen LogP contribution in [0.3, 0.4) is 0 Å². The number of nitrogens with zero attached hydrogens (tertiary/aromatic N) is 1. The molecule has 1 heterocycles. The molecule has 0 spiro atoms. The maximum atomic E-state index is 12.8. The van der Waals surface area contributed by atoms with E-state index in [0.717, 1.165) is 19.3 Å². The second-order valence-electron chi connectivity index (χ2n) is 7.46. The number of halogens is 1. The predicted octanol–water partition coefficient (Wildman–Crippen LogP) is 3.63. The van der Waals surface area contributed by atoms with Gasteiger partial charge in [0.2, 0.25) is 15.9 Å². The molecule has 29 heavy (non-hydrogen) atoms. The molecule has 1 aliphatic rings. The maximum absolute atomic E-state index is 12.8. The van der Waals surface area contributed by atoms with Gasteiger partial charge >= 0.3 is 0 Å². The number of piperidine rings is 1. The van der Waals surface area contributed by atoms with Crippen LogP contribution in [-0.2, 0) is 27.0 Å². The van der Waals surface area contributed by atoms with Crippen molar-refractivity contribution < 1.29 is 13.2 Å². The Morgan fingerprint density at radius 2 is 1.79 bits per heavy atom. The molecule has 1 fully saturated rings. The first-order valence-corrected chi connectivity index (χ1v) is 12.0. The van der Waals surface area contributed by atoms with E-state index in [4.69, 9.17) is 11.6 Å². The summed E-state index contributed by atoms with van der Waals surface area (Å²) in [6, 6.07) is 17.0. The van der Waals surface area contributed by atoms with Gasteiger partial charge < -0.3 is 5.32 Å². The van der Waals surface area contributed by atoms with Gasteiger partial charge in [0.1, 0.15) is 0 Å². The molecule has 0 unspecified atom stereocenters. The summed E-state index contributed by atoms with van der Waals surface area (Å²) in [6.07, 6.45) is 3.19.